The smallest absolute Gasteiger partial charge is 0.142 e. The first-order chi connectivity index (χ1) is 9.02. The van der Waals surface area contributed by atoms with Crippen LogP contribution >= 0.6 is 11.6 Å². The number of nitrogens with one attached hydrogen (secondary N) is 1. The molecule has 1 atom stereocenters. The van der Waals surface area contributed by atoms with Crippen molar-refractivity contribution in [2.75, 3.05) is 6.54 Å². The molecule has 1 N–H and O–H groups in total. The number of halogens is 3. The van der Waals surface area contributed by atoms with Crippen molar-refractivity contribution in [3.05, 3.63) is 52.3 Å². The minimum atomic E-state index is -0.634. The molecule has 0 bridgehead atoms. The van der Waals surface area contributed by atoms with Gasteiger partial charge in [0.05, 0.1) is 17.3 Å². The zero-order chi connectivity index (χ0) is 14.0. The number of aryl methyl sites for hydroxylation is 1. The average Bonchev–Trinajstić information content (AvgIpc) is 2.78. The number of hydrogen-bond acceptors (Lipinski definition) is 2. The van der Waals surface area contributed by atoms with Gasteiger partial charge in [-0.05, 0) is 18.7 Å². The van der Waals surface area contributed by atoms with Crippen molar-refractivity contribution in [1.29, 1.82) is 0 Å². The molecule has 1 aromatic heterocycles. The highest BCUT2D eigenvalue weighted by Gasteiger charge is 2.20. The summed E-state index contributed by atoms with van der Waals surface area (Å²) in [5.74, 6) is -1.17. The molecule has 0 aliphatic heterocycles. The fourth-order valence-corrected chi connectivity index (χ4v) is 2.11. The van der Waals surface area contributed by atoms with Crippen LogP contribution in [0.1, 0.15) is 24.1 Å². The predicted octanol–water partition coefficient (Wildman–Crippen LogP) is 3.05. The quantitative estimate of drug-likeness (QED) is 0.875. The van der Waals surface area contributed by atoms with Crippen molar-refractivity contribution in [1.82, 2.24) is 15.1 Å². The summed E-state index contributed by atoms with van der Waals surface area (Å²) in [6.45, 7) is 2.51. The summed E-state index contributed by atoms with van der Waals surface area (Å²) >= 11 is 5.57. The molecule has 0 amide bonds. The Morgan fingerprint density at radius 1 is 1.37 bits per heavy atom. The summed E-state index contributed by atoms with van der Waals surface area (Å²) in [7, 11) is 1.77. The van der Waals surface area contributed by atoms with E-state index in [-0.39, 0.29) is 10.6 Å². The van der Waals surface area contributed by atoms with Crippen molar-refractivity contribution in [3.63, 3.8) is 0 Å². The van der Waals surface area contributed by atoms with Crippen LogP contribution in [0.2, 0.25) is 5.02 Å². The third kappa shape index (κ3) is 2.93. The van der Waals surface area contributed by atoms with Gasteiger partial charge in [-0.3, -0.25) is 4.68 Å². The largest absolute Gasteiger partial charge is 0.306 e. The van der Waals surface area contributed by atoms with Gasteiger partial charge in [0.1, 0.15) is 11.6 Å². The molecule has 3 nitrogen and oxygen atoms in total. The van der Waals surface area contributed by atoms with Crippen molar-refractivity contribution in [2.45, 2.75) is 13.0 Å². The Kier molecular flexibility index (Phi) is 4.17. The third-order valence-corrected chi connectivity index (χ3v) is 3.11. The summed E-state index contributed by atoms with van der Waals surface area (Å²) in [6, 6.07) is 1.66. The van der Waals surface area contributed by atoms with E-state index in [1.165, 1.54) is 0 Å². The standard InChI is InChI=1S/C13H14ClF2N3/c1-3-17-13(8-6-18-19(2)7-8)9-4-12(16)10(14)5-11(9)15/h4-7,13,17H,3H2,1-2H3. The van der Waals surface area contributed by atoms with Gasteiger partial charge in [0.25, 0.3) is 0 Å². The monoisotopic (exact) mass is 285 g/mol. The lowest BCUT2D eigenvalue weighted by Crippen LogP contribution is -2.23. The Morgan fingerprint density at radius 3 is 2.68 bits per heavy atom. The fourth-order valence-electron chi connectivity index (χ4n) is 1.96. The van der Waals surface area contributed by atoms with E-state index >= 15 is 0 Å². The number of benzene rings is 1. The topological polar surface area (TPSA) is 29.9 Å². The maximum atomic E-state index is 14.0. The lowest BCUT2D eigenvalue weighted by molar-refractivity contribution is 0.545. The van der Waals surface area contributed by atoms with Gasteiger partial charge in [-0.25, -0.2) is 8.78 Å². The lowest BCUT2D eigenvalue weighted by atomic mass is 10.0. The van der Waals surface area contributed by atoms with Crippen molar-refractivity contribution in [2.24, 2.45) is 7.05 Å². The second-order valence-electron chi connectivity index (χ2n) is 4.23. The zero-order valence-corrected chi connectivity index (χ0v) is 11.4. The molecule has 19 heavy (non-hydrogen) atoms. The Hall–Kier alpha value is -1.46. The first kappa shape index (κ1) is 14.0. The summed E-state index contributed by atoms with van der Waals surface area (Å²) in [5.41, 5.74) is 0.988. The van der Waals surface area contributed by atoms with E-state index in [0.717, 1.165) is 17.7 Å². The van der Waals surface area contributed by atoms with E-state index in [1.807, 2.05) is 6.92 Å². The number of nitrogens with zero attached hydrogens (tertiary/aromatic N) is 2. The van der Waals surface area contributed by atoms with Gasteiger partial charge >= 0.3 is 0 Å². The first-order valence-electron chi connectivity index (χ1n) is 5.89. The van der Waals surface area contributed by atoms with E-state index in [2.05, 4.69) is 10.4 Å². The minimum absolute atomic E-state index is 0.219. The summed E-state index contributed by atoms with van der Waals surface area (Å²) in [6.07, 6.45) is 3.39. The first-order valence-corrected chi connectivity index (χ1v) is 6.27. The molecule has 1 aromatic carbocycles. The molecule has 0 fully saturated rings. The van der Waals surface area contributed by atoms with E-state index in [1.54, 1.807) is 24.1 Å². The van der Waals surface area contributed by atoms with Crippen LogP contribution in [-0.4, -0.2) is 16.3 Å². The van der Waals surface area contributed by atoms with Crippen LogP contribution in [0.25, 0.3) is 0 Å². The molecule has 0 aliphatic carbocycles. The Labute approximate surface area is 115 Å². The van der Waals surface area contributed by atoms with Gasteiger partial charge in [0, 0.05) is 24.4 Å². The van der Waals surface area contributed by atoms with Crippen LogP contribution in [0.5, 0.6) is 0 Å². The SMILES string of the molecule is CCNC(c1cnn(C)c1)c1cc(F)c(Cl)cc1F. The minimum Gasteiger partial charge on any atom is -0.306 e. The van der Waals surface area contributed by atoms with E-state index in [0.29, 0.717) is 6.54 Å². The predicted molar refractivity (Wildman–Crippen MR) is 70.1 cm³/mol. The summed E-state index contributed by atoms with van der Waals surface area (Å²) in [4.78, 5) is 0. The molecule has 2 rings (SSSR count). The Morgan fingerprint density at radius 2 is 2.11 bits per heavy atom. The van der Waals surface area contributed by atoms with Crippen LogP contribution in [0.15, 0.2) is 24.5 Å². The summed E-state index contributed by atoms with van der Waals surface area (Å²) < 4.78 is 29.1. The van der Waals surface area contributed by atoms with Gasteiger partial charge in [-0.2, -0.15) is 5.10 Å². The van der Waals surface area contributed by atoms with Crippen molar-refractivity contribution < 1.29 is 8.78 Å². The highest BCUT2D eigenvalue weighted by molar-refractivity contribution is 6.30. The molecular formula is C13H14ClF2N3. The maximum absolute atomic E-state index is 14.0. The van der Waals surface area contributed by atoms with Crippen molar-refractivity contribution in [3.8, 4) is 0 Å². The summed E-state index contributed by atoms with van der Waals surface area (Å²) in [5, 5.41) is 6.94. The number of hydrogen-bond donors (Lipinski definition) is 1. The molecule has 1 heterocycles. The normalized spacial score (nSPS) is 12.7. The molecule has 0 saturated heterocycles. The van der Waals surface area contributed by atoms with Crippen molar-refractivity contribution >= 4 is 11.6 Å². The van der Waals surface area contributed by atoms with E-state index in [9.17, 15) is 8.78 Å². The van der Waals surface area contributed by atoms with Crippen LogP contribution in [0, 0.1) is 11.6 Å². The third-order valence-electron chi connectivity index (χ3n) is 2.82. The highest BCUT2D eigenvalue weighted by Crippen LogP contribution is 2.28. The van der Waals surface area contributed by atoms with Gasteiger partial charge in [-0.1, -0.05) is 18.5 Å². The molecule has 102 valence electrons. The molecule has 0 saturated carbocycles. The van der Waals surface area contributed by atoms with Gasteiger partial charge in [0.15, 0.2) is 0 Å². The highest BCUT2D eigenvalue weighted by atomic mass is 35.5. The number of aromatic nitrogens is 2. The van der Waals surface area contributed by atoms with Crippen LogP contribution in [0.3, 0.4) is 0 Å². The van der Waals surface area contributed by atoms with Gasteiger partial charge in [0.2, 0.25) is 0 Å². The lowest BCUT2D eigenvalue weighted by Gasteiger charge is -2.18. The molecule has 0 spiro atoms. The van der Waals surface area contributed by atoms with Gasteiger partial charge < -0.3 is 5.32 Å². The molecular weight excluding hydrogens is 272 g/mol. The van der Waals surface area contributed by atoms with E-state index < -0.39 is 17.7 Å². The molecule has 6 heteroatoms. The van der Waals surface area contributed by atoms with Crippen LogP contribution in [-0.2, 0) is 7.05 Å². The molecule has 1 unspecified atom stereocenters. The average molecular weight is 286 g/mol. The second-order valence-corrected chi connectivity index (χ2v) is 4.63. The maximum Gasteiger partial charge on any atom is 0.142 e. The number of rotatable bonds is 4. The second kappa shape index (κ2) is 5.67. The molecule has 0 aliphatic rings. The fraction of sp³-hybridized carbons (Fsp3) is 0.308. The Bertz CT molecular complexity index is 583. The molecule has 2 aromatic rings. The van der Waals surface area contributed by atoms with Crippen LogP contribution in [0.4, 0.5) is 8.78 Å². The van der Waals surface area contributed by atoms with E-state index in [4.69, 9.17) is 11.6 Å². The van der Waals surface area contributed by atoms with Gasteiger partial charge in [-0.15, -0.1) is 0 Å². The Balaban J connectivity index is 2.47. The van der Waals surface area contributed by atoms with Crippen LogP contribution < -0.4 is 5.32 Å². The zero-order valence-electron chi connectivity index (χ0n) is 10.6. The molecule has 0 radical (unpaired) electrons.